The fourth-order valence-electron chi connectivity index (χ4n) is 2.00. The van der Waals surface area contributed by atoms with E-state index in [0.717, 1.165) is 29.9 Å². The minimum absolute atomic E-state index is 0.0314. The van der Waals surface area contributed by atoms with Gasteiger partial charge in [-0.25, -0.2) is 0 Å². The first-order valence-electron chi connectivity index (χ1n) is 6.57. The summed E-state index contributed by atoms with van der Waals surface area (Å²) in [6, 6.07) is 5.66. The van der Waals surface area contributed by atoms with Crippen molar-refractivity contribution in [1.82, 2.24) is 14.8 Å². The lowest BCUT2D eigenvalue weighted by atomic mass is 10.1. The summed E-state index contributed by atoms with van der Waals surface area (Å²) < 4.78 is 1.95. The summed E-state index contributed by atoms with van der Waals surface area (Å²) in [5.41, 5.74) is 1.87. The number of hydrogen-bond donors (Lipinski definition) is 1. The van der Waals surface area contributed by atoms with Crippen LogP contribution in [0.1, 0.15) is 18.9 Å². The number of benzene rings is 1. The summed E-state index contributed by atoms with van der Waals surface area (Å²) in [6.45, 7) is 4.73. The Hall–Kier alpha value is -1.53. The first kappa shape index (κ1) is 15.9. The number of carboxylic acid groups (broad SMARTS) is 1. The highest BCUT2D eigenvalue weighted by atomic mass is 35.5. The monoisotopic (exact) mass is 325 g/mol. The standard InChI is InChI=1S/C14H16ClN3O2S/c1-3-7-18-13(10-5-4-6-11(15)9(10)2)16-17-14(18)21-8-12(19)20/h4-6H,3,7-8H2,1-2H3,(H,19,20). The maximum Gasteiger partial charge on any atom is 0.313 e. The molecule has 1 aromatic carbocycles. The maximum absolute atomic E-state index is 10.7. The second kappa shape index (κ2) is 6.95. The van der Waals surface area contributed by atoms with Crippen molar-refractivity contribution in [3.05, 3.63) is 28.8 Å². The van der Waals surface area contributed by atoms with Crippen molar-refractivity contribution >= 4 is 29.3 Å². The minimum atomic E-state index is -0.869. The molecule has 2 aromatic rings. The molecule has 1 heterocycles. The van der Waals surface area contributed by atoms with E-state index in [4.69, 9.17) is 16.7 Å². The third-order valence-electron chi connectivity index (χ3n) is 3.00. The van der Waals surface area contributed by atoms with Gasteiger partial charge >= 0.3 is 5.97 Å². The van der Waals surface area contributed by atoms with Gasteiger partial charge in [-0.1, -0.05) is 42.4 Å². The number of nitrogens with zero attached hydrogens (tertiary/aromatic N) is 3. The van der Waals surface area contributed by atoms with Crippen LogP contribution in [-0.4, -0.2) is 31.6 Å². The Balaban J connectivity index is 2.43. The molecule has 0 aliphatic heterocycles. The normalized spacial score (nSPS) is 10.8. The zero-order chi connectivity index (χ0) is 15.4. The van der Waals surface area contributed by atoms with Gasteiger partial charge in [0.2, 0.25) is 0 Å². The Bertz CT molecular complexity index is 658. The molecule has 0 radical (unpaired) electrons. The molecule has 0 atom stereocenters. The number of thioether (sulfide) groups is 1. The Kier molecular flexibility index (Phi) is 5.25. The van der Waals surface area contributed by atoms with Crippen molar-refractivity contribution in [2.24, 2.45) is 0 Å². The number of aliphatic carboxylic acids is 1. The first-order chi connectivity index (χ1) is 10.0. The van der Waals surface area contributed by atoms with Gasteiger partial charge in [0, 0.05) is 17.1 Å². The van der Waals surface area contributed by atoms with E-state index in [1.165, 1.54) is 11.8 Å². The van der Waals surface area contributed by atoms with E-state index < -0.39 is 5.97 Å². The lowest BCUT2D eigenvalue weighted by Gasteiger charge is -2.10. The van der Waals surface area contributed by atoms with Crippen molar-refractivity contribution in [1.29, 1.82) is 0 Å². The van der Waals surface area contributed by atoms with Gasteiger partial charge in [0.15, 0.2) is 11.0 Å². The molecule has 0 unspecified atom stereocenters. The molecule has 0 aliphatic rings. The molecular weight excluding hydrogens is 310 g/mol. The lowest BCUT2D eigenvalue weighted by Crippen LogP contribution is -2.05. The van der Waals surface area contributed by atoms with Gasteiger partial charge in [0.1, 0.15) is 0 Å². The predicted octanol–water partition coefficient (Wildman–Crippen LogP) is 3.49. The highest BCUT2D eigenvalue weighted by Crippen LogP contribution is 2.29. The number of hydrogen-bond acceptors (Lipinski definition) is 4. The van der Waals surface area contributed by atoms with Crippen molar-refractivity contribution in [2.75, 3.05) is 5.75 Å². The van der Waals surface area contributed by atoms with Gasteiger partial charge < -0.3 is 9.67 Å². The molecule has 2 rings (SSSR count). The predicted molar refractivity (Wildman–Crippen MR) is 83.9 cm³/mol. The first-order valence-corrected chi connectivity index (χ1v) is 7.94. The fraction of sp³-hybridized carbons (Fsp3) is 0.357. The van der Waals surface area contributed by atoms with Crippen LogP contribution in [0.2, 0.25) is 5.02 Å². The number of carboxylic acids is 1. The van der Waals surface area contributed by atoms with Crippen molar-refractivity contribution in [3.8, 4) is 11.4 Å². The number of rotatable bonds is 6. The van der Waals surface area contributed by atoms with Crippen LogP contribution in [0.3, 0.4) is 0 Å². The van der Waals surface area contributed by atoms with Crippen LogP contribution in [0, 0.1) is 6.92 Å². The molecule has 0 saturated carbocycles. The molecule has 0 bridgehead atoms. The van der Waals surface area contributed by atoms with Crippen molar-refractivity contribution < 1.29 is 9.90 Å². The lowest BCUT2D eigenvalue weighted by molar-refractivity contribution is -0.133. The minimum Gasteiger partial charge on any atom is -0.481 e. The van der Waals surface area contributed by atoms with E-state index >= 15 is 0 Å². The van der Waals surface area contributed by atoms with Gasteiger partial charge in [-0.05, 0) is 25.0 Å². The van der Waals surface area contributed by atoms with E-state index in [1.54, 1.807) is 0 Å². The number of carbonyl (C=O) groups is 1. The third kappa shape index (κ3) is 3.57. The molecular formula is C14H16ClN3O2S. The van der Waals surface area contributed by atoms with Crippen LogP contribution >= 0.6 is 23.4 Å². The number of halogens is 1. The zero-order valence-electron chi connectivity index (χ0n) is 11.8. The van der Waals surface area contributed by atoms with Gasteiger partial charge in [-0.2, -0.15) is 0 Å². The Morgan fingerprint density at radius 3 is 2.86 bits per heavy atom. The molecule has 7 heteroatoms. The Morgan fingerprint density at radius 2 is 2.19 bits per heavy atom. The average Bonchev–Trinajstić information content (AvgIpc) is 2.83. The fourth-order valence-corrected chi connectivity index (χ4v) is 2.86. The highest BCUT2D eigenvalue weighted by molar-refractivity contribution is 7.99. The average molecular weight is 326 g/mol. The molecule has 1 aromatic heterocycles. The molecule has 0 fully saturated rings. The van der Waals surface area contributed by atoms with Gasteiger partial charge in [-0.15, -0.1) is 10.2 Å². The second-order valence-electron chi connectivity index (χ2n) is 4.55. The van der Waals surface area contributed by atoms with Crippen molar-refractivity contribution in [2.45, 2.75) is 32.0 Å². The van der Waals surface area contributed by atoms with Crippen LogP contribution in [0.25, 0.3) is 11.4 Å². The SMILES string of the molecule is CCCn1c(SCC(=O)O)nnc1-c1cccc(Cl)c1C. The van der Waals surface area contributed by atoms with Gasteiger partial charge in [0.05, 0.1) is 5.75 Å². The van der Waals surface area contributed by atoms with Gasteiger partial charge in [0.25, 0.3) is 0 Å². The van der Waals surface area contributed by atoms with Crippen LogP contribution in [0.5, 0.6) is 0 Å². The molecule has 21 heavy (non-hydrogen) atoms. The maximum atomic E-state index is 10.7. The molecule has 0 amide bonds. The van der Waals surface area contributed by atoms with E-state index in [-0.39, 0.29) is 5.75 Å². The van der Waals surface area contributed by atoms with Crippen LogP contribution in [-0.2, 0) is 11.3 Å². The molecule has 1 N–H and O–H groups in total. The van der Waals surface area contributed by atoms with E-state index in [0.29, 0.717) is 10.2 Å². The van der Waals surface area contributed by atoms with E-state index in [2.05, 4.69) is 17.1 Å². The largest absolute Gasteiger partial charge is 0.481 e. The third-order valence-corrected chi connectivity index (χ3v) is 4.36. The number of aromatic nitrogens is 3. The quantitative estimate of drug-likeness (QED) is 0.823. The van der Waals surface area contributed by atoms with E-state index in [1.807, 2.05) is 29.7 Å². The molecule has 112 valence electrons. The van der Waals surface area contributed by atoms with Crippen LogP contribution in [0.15, 0.2) is 23.4 Å². The molecule has 0 saturated heterocycles. The molecule has 0 spiro atoms. The summed E-state index contributed by atoms with van der Waals surface area (Å²) >= 11 is 7.34. The van der Waals surface area contributed by atoms with Crippen LogP contribution < -0.4 is 0 Å². The summed E-state index contributed by atoms with van der Waals surface area (Å²) in [4.78, 5) is 10.7. The molecule has 5 nitrogen and oxygen atoms in total. The Labute approximate surface area is 132 Å². The van der Waals surface area contributed by atoms with Gasteiger partial charge in [-0.3, -0.25) is 4.79 Å². The zero-order valence-corrected chi connectivity index (χ0v) is 13.4. The smallest absolute Gasteiger partial charge is 0.313 e. The summed E-state index contributed by atoms with van der Waals surface area (Å²) in [5.74, 6) is -0.174. The second-order valence-corrected chi connectivity index (χ2v) is 5.90. The summed E-state index contributed by atoms with van der Waals surface area (Å²) in [7, 11) is 0. The van der Waals surface area contributed by atoms with Crippen molar-refractivity contribution in [3.63, 3.8) is 0 Å². The summed E-state index contributed by atoms with van der Waals surface area (Å²) in [5, 5.41) is 18.5. The molecule has 0 aliphatic carbocycles. The van der Waals surface area contributed by atoms with E-state index in [9.17, 15) is 4.79 Å². The van der Waals surface area contributed by atoms with Crippen LogP contribution in [0.4, 0.5) is 0 Å². The summed E-state index contributed by atoms with van der Waals surface area (Å²) in [6.07, 6.45) is 0.908. The Morgan fingerprint density at radius 1 is 1.43 bits per heavy atom. The highest BCUT2D eigenvalue weighted by Gasteiger charge is 2.17. The topological polar surface area (TPSA) is 68.0 Å².